The van der Waals surface area contributed by atoms with E-state index in [9.17, 15) is 0 Å². The smallest absolute Gasteiger partial charge is 0.0948 e. The predicted molar refractivity (Wildman–Crippen MR) is 122 cm³/mol. The number of aromatic nitrogens is 2. The lowest BCUT2D eigenvalue weighted by molar-refractivity contribution is 0.275. The third-order valence-electron chi connectivity index (χ3n) is 6.07. The Bertz CT molecular complexity index is 576. The van der Waals surface area contributed by atoms with Crippen LogP contribution in [-0.2, 0) is 6.42 Å². The minimum atomic E-state index is 0.579. The summed E-state index contributed by atoms with van der Waals surface area (Å²) >= 11 is 0. The van der Waals surface area contributed by atoms with E-state index >= 15 is 0 Å². The minimum absolute atomic E-state index is 0.579. The Labute approximate surface area is 173 Å². The Hall–Kier alpha value is -1.57. The summed E-state index contributed by atoms with van der Waals surface area (Å²) in [6.07, 6.45) is 23.6. The zero-order valence-corrected chi connectivity index (χ0v) is 18.4. The molecule has 2 rings (SSSR count). The van der Waals surface area contributed by atoms with Gasteiger partial charge in [0.2, 0.25) is 0 Å². The van der Waals surface area contributed by atoms with E-state index in [1.807, 2.05) is 12.5 Å². The molecule has 0 fully saturated rings. The molecule has 0 aliphatic carbocycles. The second kappa shape index (κ2) is 14.4. The van der Waals surface area contributed by atoms with E-state index in [0.717, 1.165) is 0 Å². The van der Waals surface area contributed by atoms with Crippen LogP contribution in [-0.4, -0.2) is 9.55 Å². The van der Waals surface area contributed by atoms with Crippen LogP contribution in [0.5, 0.6) is 0 Å². The Morgan fingerprint density at radius 1 is 0.786 bits per heavy atom. The van der Waals surface area contributed by atoms with E-state index in [1.165, 1.54) is 89.0 Å². The van der Waals surface area contributed by atoms with E-state index < -0.39 is 0 Å². The number of nitrogens with zero attached hydrogens (tertiary/aromatic N) is 2. The summed E-state index contributed by atoms with van der Waals surface area (Å²) < 4.78 is 2.40. The van der Waals surface area contributed by atoms with E-state index in [0.29, 0.717) is 12.0 Å². The SMILES string of the molecule is CCCCCCCCC(C(CCCCCC)Cc1ccccc1)n1ccnc1. The number of rotatable bonds is 16. The van der Waals surface area contributed by atoms with Crippen LogP contribution in [0.15, 0.2) is 49.1 Å². The monoisotopic (exact) mass is 382 g/mol. The number of imidazole rings is 1. The molecule has 1 aromatic heterocycles. The zero-order chi connectivity index (χ0) is 19.9. The van der Waals surface area contributed by atoms with Gasteiger partial charge in [-0.1, -0.05) is 108 Å². The second-order valence-corrected chi connectivity index (χ2v) is 8.43. The van der Waals surface area contributed by atoms with Gasteiger partial charge in [0.25, 0.3) is 0 Å². The molecule has 1 heterocycles. The highest BCUT2D eigenvalue weighted by Gasteiger charge is 2.22. The summed E-state index contributed by atoms with van der Waals surface area (Å²) in [6, 6.07) is 11.7. The largest absolute Gasteiger partial charge is 0.334 e. The van der Waals surface area contributed by atoms with Crippen molar-refractivity contribution in [2.75, 3.05) is 0 Å². The number of hydrogen-bond donors (Lipinski definition) is 0. The van der Waals surface area contributed by atoms with Gasteiger partial charge >= 0.3 is 0 Å². The fourth-order valence-corrected chi connectivity index (χ4v) is 4.41. The molecule has 0 radical (unpaired) electrons. The van der Waals surface area contributed by atoms with Crippen LogP contribution in [0.4, 0.5) is 0 Å². The Balaban J connectivity index is 2.00. The first-order valence-electron chi connectivity index (χ1n) is 11.9. The van der Waals surface area contributed by atoms with Gasteiger partial charge in [-0.05, 0) is 30.7 Å². The van der Waals surface area contributed by atoms with Crippen molar-refractivity contribution in [2.24, 2.45) is 5.92 Å². The average molecular weight is 383 g/mol. The number of hydrogen-bond acceptors (Lipinski definition) is 1. The third-order valence-corrected chi connectivity index (χ3v) is 6.07. The second-order valence-electron chi connectivity index (χ2n) is 8.43. The molecule has 0 aliphatic rings. The molecule has 0 saturated heterocycles. The third kappa shape index (κ3) is 8.63. The lowest BCUT2D eigenvalue weighted by atomic mass is 9.84. The Morgan fingerprint density at radius 3 is 2.11 bits per heavy atom. The highest BCUT2D eigenvalue weighted by atomic mass is 15.1. The first-order chi connectivity index (χ1) is 13.8. The normalized spacial score (nSPS) is 13.5. The molecule has 2 atom stereocenters. The summed E-state index contributed by atoms with van der Waals surface area (Å²) in [6.45, 7) is 4.59. The zero-order valence-electron chi connectivity index (χ0n) is 18.4. The van der Waals surface area contributed by atoms with Gasteiger partial charge in [-0.15, -0.1) is 0 Å². The van der Waals surface area contributed by atoms with Crippen LogP contribution >= 0.6 is 0 Å². The van der Waals surface area contributed by atoms with Crippen LogP contribution in [0.2, 0.25) is 0 Å². The Kier molecular flexibility index (Phi) is 11.7. The molecule has 1 aromatic carbocycles. The molecule has 0 bridgehead atoms. The van der Waals surface area contributed by atoms with Gasteiger partial charge in [0.05, 0.1) is 6.33 Å². The van der Waals surface area contributed by atoms with Crippen LogP contribution in [0.25, 0.3) is 0 Å². The van der Waals surface area contributed by atoms with Gasteiger partial charge in [-0.2, -0.15) is 0 Å². The molecule has 2 unspecified atom stereocenters. The van der Waals surface area contributed by atoms with Gasteiger partial charge < -0.3 is 4.57 Å². The Morgan fingerprint density at radius 2 is 1.43 bits per heavy atom. The highest BCUT2D eigenvalue weighted by molar-refractivity contribution is 5.15. The molecule has 156 valence electrons. The van der Waals surface area contributed by atoms with Crippen molar-refractivity contribution < 1.29 is 0 Å². The van der Waals surface area contributed by atoms with Crippen molar-refractivity contribution >= 4 is 0 Å². The van der Waals surface area contributed by atoms with Crippen molar-refractivity contribution in [3.8, 4) is 0 Å². The summed E-state index contributed by atoms with van der Waals surface area (Å²) in [7, 11) is 0. The molecule has 2 nitrogen and oxygen atoms in total. The lowest BCUT2D eigenvalue weighted by Gasteiger charge is -2.29. The lowest BCUT2D eigenvalue weighted by Crippen LogP contribution is -2.21. The van der Waals surface area contributed by atoms with Crippen molar-refractivity contribution in [3.63, 3.8) is 0 Å². The van der Waals surface area contributed by atoms with Crippen molar-refractivity contribution in [1.29, 1.82) is 0 Å². The fourth-order valence-electron chi connectivity index (χ4n) is 4.41. The molecular weight excluding hydrogens is 340 g/mol. The van der Waals surface area contributed by atoms with Gasteiger partial charge in [0.1, 0.15) is 0 Å². The topological polar surface area (TPSA) is 17.8 Å². The van der Waals surface area contributed by atoms with Crippen LogP contribution in [0.3, 0.4) is 0 Å². The van der Waals surface area contributed by atoms with Crippen LogP contribution in [0, 0.1) is 5.92 Å². The first kappa shape index (κ1) is 22.7. The molecule has 0 spiro atoms. The maximum absolute atomic E-state index is 4.37. The minimum Gasteiger partial charge on any atom is -0.334 e. The standard InChI is InChI=1S/C26H42N2/c1-3-5-7-9-10-15-19-26(28-21-20-27-23-28)25(18-14-8-6-4-2)22-24-16-12-11-13-17-24/h11-13,16-17,20-21,23,25-26H,3-10,14-15,18-19,22H2,1-2H3. The number of benzene rings is 1. The van der Waals surface area contributed by atoms with Crippen molar-refractivity contribution in [2.45, 2.75) is 103 Å². The molecular formula is C26H42N2. The molecule has 28 heavy (non-hydrogen) atoms. The van der Waals surface area contributed by atoms with Crippen molar-refractivity contribution in [1.82, 2.24) is 9.55 Å². The van der Waals surface area contributed by atoms with E-state index in [2.05, 4.69) is 59.9 Å². The van der Waals surface area contributed by atoms with Crippen LogP contribution < -0.4 is 0 Å². The van der Waals surface area contributed by atoms with Crippen molar-refractivity contribution in [3.05, 3.63) is 54.6 Å². The number of unbranched alkanes of at least 4 members (excludes halogenated alkanes) is 8. The van der Waals surface area contributed by atoms with E-state index in [-0.39, 0.29) is 0 Å². The van der Waals surface area contributed by atoms with Gasteiger partial charge in [0.15, 0.2) is 0 Å². The van der Waals surface area contributed by atoms with Gasteiger partial charge in [-0.25, -0.2) is 4.98 Å². The average Bonchev–Trinajstić information content (AvgIpc) is 3.25. The quantitative estimate of drug-likeness (QED) is 0.269. The molecule has 0 aliphatic heterocycles. The molecule has 0 amide bonds. The predicted octanol–water partition coefficient (Wildman–Crippen LogP) is 8.00. The van der Waals surface area contributed by atoms with Gasteiger partial charge in [-0.3, -0.25) is 0 Å². The summed E-state index contributed by atoms with van der Waals surface area (Å²) in [5.74, 6) is 0.698. The highest BCUT2D eigenvalue weighted by Crippen LogP contribution is 2.32. The summed E-state index contributed by atoms with van der Waals surface area (Å²) in [4.78, 5) is 4.37. The van der Waals surface area contributed by atoms with Crippen LogP contribution in [0.1, 0.15) is 103 Å². The fraction of sp³-hybridized carbons (Fsp3) is 0.654. The first-order valence-corrected chi connectivity index (χ1v) is 11.9. The maximum Gasteiger partial charge on any atom is 0.0948 e. The summed E-state index contributed by atoms with van der Waals surface area (Å²) in [5, 5.41) is 0. The van der Waals surface area contributed by atoms with E-state index in [4.69, 9.17) is 0 Å². The maximum atomic E-state index is 4.37. The van der Waals surface area contributed by atoms with E-state index in [1.54, 1.807) is 0 Å². The summed E-state index contributed by atoms with van der Waals surface area (Å²) in [5.41, 5.74) is 1.48. The molecule has 0 N–H and O–H groups in total. The molecule has 2 heteroatoms. The van der Waals surface area contributed by atoms with Gasteiger partial charge in [0, 0.05) is 18.4 Å². The molecule has 2 aromatic rings. The molecule has 0 saturated carbocycles.